The van der Waals surface area contributed by atoms with Crippen molar-refractivity contribution >= 4 is 60.5 Å². The lowest BCUT2D eigenvalue weighted by atomic mass is 10.2. The van der Waals surface area contributed by atoms with Crippen molar-refractivity contribution in [2.24, 2.45) is 4.99 Å². The molecule has 1 heterocycles. The summed E-state index contributed by atoms with van der Waals surface area (Å²) in [5.41, 5.74) is 0.987. The van der Waals surface area contributed by atoms with Gasteiger partial charge in [0.2, 0.25) is 0 Å². The van der Waals surface area contributed by atoms with Crippen LogP contribution in [0.3, 0.4) is 0 Å². The zero-order chi connectivity index (χ0) is 21.9. The first-order valence-electron chi connectivity index (χ1n) is 9.25. The minimum absolute atomic E-state index is 0.00615. The number of carbonyl (C=O) groups is 1. The van der Waals surface area contributed by atoms with Gasteiger partial charge >= 0.3 is 0 Å². The molecule has 0 aliphatic carbocycles. The molecule has 3 aromatic rings. The fourth-order valence-corrected chi connectivity index (χ4v) is 5.38. The lowest BCUT2D eigenvalue weighted by molar-refractivity contribution is 0.0996. The Morgan fingerprint density at radius 3 is 2.40 bits per heavy atom. The Bertz CT molecular complexity index is 1250. The van der Waals surface area contributed by atoms with Crippen LogP contribution in [0.25, 0.3) is 10.2 Å². The zero-order valence-electron chi connectivity index (χ0n) is 16.4. The van der Waals surface area contributed by atoms with Crippen LogP contribution in [0.4, 0.5) is 0 Å². The van der Waals surface area contributed by atoms with Gasteiger partial charge in [-0.2, -0.15) is 4.99 Å². The largest absolute Gasteiger partial charge is 0.380 e. The standard InChI is InChI=1S/C20H20Cl2N2O4S2/c1-3-28-12-11-24-17-15(21)9-10-16(22)18(17)29-20(24)23-19(25)13-5-7-14(8-6-13)30(26,27)4-2/h5-10H,3-4,11-12H2,1-2H3. The Balaban J connectivity index is 2.06. The third kappa shape index (κ3) is 4.78. The number of halogens is 2. The number of amides is 1. The van der Waals surface area contributed by atoms with Gasteiger partial charge in [-0.15, -0.1) is 0 Å². The van der Waals surface area contributed by atoms with Gasteiger partial charge in [0.15, 0.2) is 14.6 Å². The first kappa shape index (κ1) is 23.0. The van der Waals surface area contributed by atoms with Gasteiger partial charge in [0.05, 0.1) is 37.5 Å². The molecular weight excluding hydrogens is 467 g/mol. The molecule has 0 fully saturated rings. The Labute approximate surface area is 188 Å². The number of aromatic nitrogens is 1. The predicted molar refractivity (Wildman–Crippen MR) is 120 cm³/mol. The van der Waals surface area contributed by atoms with Gasteiger partial charge < -0.3 is 9.30 Å². The maximum absolute atomic E-state index is 12.8. The number of fused-ring (bicyclic) bond motifs is 1. The highest BCUT2D eigenvalue weighted by Crippen LogP contribution is 2.31. The molecule has 1 amide bonds. The number of thiazole rings is 1. The lowest BCUT2D eigenvalue weighted by Crippen LogP contribution is -2.20. The molecule has 0 spiro atoms. The molecule has 0 unspecified atom stereocenters. The first-order valence-corrected chi connectivity index (χ1v) is 12.5. The van der Waals surface area contributed by atoms with Crippen molar-refractivity contribution in [1.82, 2.24) is 4.57 Å². The van der Waals surface area contributed by atoms with Crippen molar-refractivity contribution in [3.8, 4) is 0 Å². The number of rotatable bonds is 7. The summed E-state index contributed by atoms with van der Waals surface area (Å²) in [5.74, 6) is -0.493. The summed E-state index contributed by atoms with van der Waals surface area (Å²) in [5, 5.41) is 1.03. The van der Waals surface area contributed by atoms with Crippen molar-refractivity contribution in [3.05, 3.63) is 56.8 Å². The second kappa shape index (κ2) is 9.62. The van der Waals surface area contributed by atoms with E-state index in [0.29, 0.717) is 40.1 Å². The molecular formula is C20H20Cl2N2O4S2. The average molecular weight is 487 g/mol. The van der Waals surface area contributed by atoms with E-state index in [9.17, 15) is 13.2 Å². The second-order valence-electron chi connectivity index (χ2n) is 6.28. The summed E-state index contributed by atoms with van der Waals surface area (Å²) < 4.78 is 31.9. The van der Waals surface area contributed by atoms with E-state index in [1.54, 1.807) is 19.1 Å². The van der Waals surface area contributed by atoms with Gasteiger partial charge in [0, 0.05) is 18.7 Å². The monoisotopic (exact) mass is 486 g/mol. The molecule has 6 nitrogen and oxygen atoms in total. The molecule has 0 aliphatic heterocycles. The summed E-state index contributed by atoms with van der Waals surface area (Å²) in [7, 11) is -3.33. The van der Waals surface area contributed by atoms with Crippen LogP contribution in [0.15, 0.2) is 46.3 Å². The van der Waals surface area contributed by atoms with Gasteiger partial charge in [-0.25, -0.2) is 8.42 Å². The zero-order valence-corrected chi connectivity index (χ0v) is 19.5. The first-order chi connectivity index (χ1) is 14.3. The molecule has 2 aromatic carbocycles. The minimum Gasteiger partial charge on any atom is -0.380 e. The van der Waals surface area contributed by atoms with Crippen molar-refractivity contribution in [3.63, 3.8) is 0 Å². The molecule has 1 aromatic heterocycles. The number of ether oxygens (including phenoxy) is 1. The highest BCUT2D eigenvalue weighted by molar-refractivity contribution is 7.91. The van der Waals surface area contributed by atoms with Crippen LogP contribution in [-0.4, -0.2) is 37.9 Å². The van der Waals surface area contributed by atoms with Crippen LogP contribution < -0.4 is 4.80 Å². The Morgan fingerprint density at radius 1 is 1.10 bits per heavy atom. The summed E-state index contributed by atoms with van der Waals surface area (Å²) >= 11 is 14.0. The summed E-state index contributed by atoms with van der Waals surface area (Å²) in [6.45, 7) is 4.92. The maximum Gasteiger partial charge on any atom is 0.279 e. The smallest absolute Gasteiger partial charge is 0.279 e. The van der Waals surface area contributed by atoms with E-state index in [1.165, 1.54) is 35.6 Å². The summed E-state index contributed by atoms with van der Waals surface area (Å²) in [6.07, 6.45) is 0. The molecule has 10 heteroatoms. The van der Waals surface area contributed by atoms with Crippen LogP contribution in [0, 0.1) is 0 Å². The highest BCUT2D eigenvalue weighted by atomic mass is 35.5. The summed E-state index contributed by atoms with van der Waals surface area (Å²) in [6, 6.07) is 9.17. The number of benzene rings is 2. The molecule has 0 N–H and O–H groups in total. The number of nitrogens with zero attached hydrogens (tertiary/aromatic N) is 2. The van der Waals surface area contributed by atoms with Crippen molar-refractivity contribution in [2.45, 2.75) is 25.3 Å². The quantitative estimate of drug-likeness (QED) is 0.457. The molecule has 0 atom stereocenters. The van der Waals surface area contributed by atoms with Crippen molar-refractivity contribution in [1.29, 1.82) is 0 Å². The van der Waals surface area contributed by atoms with Gasteiger partial charge in [-0.05, 0) is 43.3 Å². The van der Waals surface area contributed by atoms with E-state index in [-0.39, 0.29) is 16.2 Å². The average Bonchev–Trinajstić information content (AvgIpc) is 3.10. The highest BCUT2D eigenvalue weighted by Gasteiger charge is 2.16. The van der Waals surface area contributed by atoms with Gasteiger partial charge in [0.25, 0.3) is 5.91 Å². The van der Waals surface area contributed by atoms with Crippen LogP contribution in [-0.2, 0) is 21.1 Å². The number of carbonyl (C=O) groups excluding carboxylic acids is 1. The topological polar surface area (TPSA) is 77.7 Å². The second-order valence-corrected chi connectivity index (χ2v) is 10.4. The molecule has 30 heavy (non-hydrogen) atoms. The number of sulfone groups is 1. The molecule has 3 rings (SSSR count). The minimum atomic E-state index is -3.33. The predicted octanol–water partition coefficient (Wildman–Crippen LogP) is 4.58. The van der Waals surface area contributed by atoms with E-state index in [1.807, 2.05) is 11.5 Å². The Hall–Kier alpha value is -1.71. The van der Waals surface area contributed by atoms with Crippen LogP contribution in [0.1, 0.15) is 24.2 Å². The van der Waals surface area contributed by atoms with Crippen LogP contribution in [0.2, 0.25) is 10.0 Å². The third-order valence-electron chi connectivity index (χ3n) is 4.43. The molecule has 0 radical (unpaired) electrons. The summed E-state index contributed by atoms with van der Waals surface area (Å²) in [4.78, 5) is 17.6. The normalized spacial score (nSPS) is 12.6. The van der Waals surface area contributed by atoms with Gasteiger partial charge in [-0.1, -0.05) is 41.5 Å². The van der Waals surface area contributed by atoms with Crippen molar-refractivity contribution in [2.75, 3.05) is 19.0 Å². The molecule has 0 saturated carbocycles. The Morgan fingerprint density at radius 2 is 1.77 bits per heavy atom. The number of hydrogen-bond acceptors (Lipinski definition) is 5. The van der Waals surface area contributed by atoms with Crippen LogP contribution in [0.5, 0.6) is 0 Å². The Kier molecular flexibility index (Phi) is 7.36. The molecule has 0 saturated heterocycles. The SMILES string of the molecule is CCOCCn1c(=NC(=O)c2ccc(S(=O)(=O)CC)cc2)sc2c(Cl)ccc(Cl)c21. The van der Waals surface area contributed by atoms with Gasteiger partial charge in [-0.3, -0.25) is 4.79 Å². The van der Waals surface area contributed by atoms with E-state index < -0.39 is 15.7 Å². The number of hydrogen-bond donors (Lipinski definition) is 0. The fourth-order valence-electron chi connectivity index (χ4n) is 2.83. The fraction of sp³-hybridized carbons (Fsp3) is 0.300. The third-order valence-corrected chi connectivity index (χ3v) is 8.02. The van der Waals surface area contributed by atoms with E-state index in [2.05, 4.69) is 4.99 Å². The molecule has 0 aliphatic rings. The van der Waals surface area contributed by atoms with Crippen LogP contribution >= 0.6 is 34.5 Å². The maximum atomic E-state index is 12.8. The van der Waals surface area contributed by atoms with E-state index >= 15 is 0 Å². The lowest BCUT2D eigenvalue weighted by Gasteiger charge is -2.07. The van der Waals surface area contributed by atoms with E-state index in [0.717, 1.165) is 4.70 Å². The van der Waals surface area contributed by atoms with Gasteiger partial charge in [0.1, 0.15) is 0 Å². The van der Waals surface area contributed by atoms with Crippen molar-refractivity contribution < 1.29 is 17.9 Å². The molecule has 160 valence electrons. The molecule has 0 bridgehead atoms. The van der Waals surface area contributed by atoms with E-state index in [4.69, 9.17) is 27.9 Å².